The van der Waals surface area contributed by atoms with Crippen molar-refractivity contribution in [3.63, 3.8) is 0 Å². The summed E-state index contributed by atoms with van der Waals surface area (Å²) in [6, 6.07) is 6.98. The Balaban J connectivity index is 2.75. The zero-order valence-corrected chi connectivity index (χ0v) is 11.2. The highest BCUT2D eigenvalue weighted by Crippen LogP contribution is 2.15. The molecule has 0 unspecified atom stereocenters. The molecule has 1 aromatic rings. The van der Waals surface area contributed by atoms with Crippen LogP contribution in [0.1, 0.15) is 36.5 Å². The van der Waals surface area contributed by atoms with Crippen LogP contribution in [-0.2, 0) is 4.79 Å². The topological polar surface area (TPSA) is 58.2 Å². The fourth-order valence-electron chi connectivity index (χ4n) is 1.60. The third kappa shape index (κ3) is 4.95. The molecule has 1 rings (SSSR count). The second kappa shape index (κ2) is 8.08. The summed E-state index contributed by atoms with van der Waals surface area (Å²) >= 11 is 0. The number of benzene rings is 1. The molecule has 0 radical (unpaired) electrons. The number of unbranched alkanes of at least 4 members (excludes halogenated alkanes) is 1. The molecule has 0 aliphatic carbocycles. The Kier molecular flexibility index (Phi) is 6.36. The zero-order valence-electron chi connectivity index (χ0n) is 11.2. The van der Waals surface area contributed by atoms with Gasteiger partial charge in [-0.15, -0.1) is 6.58 Å². The van der Waals surface area contributed by atoms with Crippen molar-refractivity contribution in [1.29, 1.82) is 0 Å². The van der Waals surface area contributed by atoms with Gasteiger partial charge in [0, 0.05) is 13.0 Å². The highest BCUT2D eigenvalue weighted by atomic mass is 16.2. The van der Waals surface area contributed by atoms with E-state index in [1.807, 2.05) is 6.92 Å². The van der Waals surface area contributed by atoms with E-state index in [1.165, 1.54) is 0 Å². The Morgan fingerprint density at radius 1 is 1.32 bits per heavy atom. The lowest BCUT2D eigenvalue weighted by molar-refractivity contribution is -0.116. The summed E-state index contributed by atoms with van der Waals surface area (Å²) in [7, 11) is 0. The van der Waals surface area contributed by atoms with Crippen LogP contribution in [0.25, 0.3) is 0 Å². The Morgan fingerprint density at radius 3 is 2.74 bits per heavy atom. The van der Waals surface area contributed by atoms with Crippen LogP contribution < -0.4 is 10.6 Å². The lowest BCUT2D eigenvalue weighted by Gasteiger charge is -2.10. The van der Waals surface area contributed by atoms with Crippen LogP contribution in [0.4, 0.5) is 5.69 Å². The molecule has 4 nitrogen and oxygen atoms in total. The van der Waals surface area contributed by atoms with Crippen molar-refractivity contribution >= 4 is 17.5 Å². The minimum absolute atomic E-state index is 0.0641. The SMILES string of the molecule is C=CCNC(=O)c1ccccc1NC(=O)CCCC. The lowest BCUT2D eigenvalue weighted by atomic mass is 10.1. The van der Waals surface area contributed by atoms with Gasteiger partial charge >= 0.3 is 0 Å². The Bertz CT molecular complexity index is 455. The molecular weight excluding hydrogens is 240 g/mol. The molecular formula is C15H20N2O2. The maximum atomic E-state index is 11.9. The van der Waals surface area contributed by atoms with E-state index < -0.39 is 0 Å². The highest BCUT2D eigenvalue weighted by Gasteiger charge is 2.11. The normalized spacial score (nSPS) is 9.74. The number of hydrogen-bond acceptors (Lipinski definition) is 2. The number of nitrogens with one attached hydrogen (secondary N) is 2. The summed E-state index contributed by atoms with van der Waals surface area (Å²) in [5.41, 5.74) is 1.01. The number of carbonyl (C=O) groups excluding carboxylic acids is 2. The van der Waals surface area contributed by atoms with Gasteiger partial charge in [-0.2, -0.15) is 0 Å². The number of anilines is 1. The van der Waals surface area contributed by atoms with Gasteiger partial charge in [0.2, 0.25) is 5.91 Å². The van der Waals surface area contributed by atoms with Gasteiger partial charge in [0.05, 0.1) is 11.3 Å². The lowest BCUT2D eigenvalue weighted by Crippen LogP contribution is -2.25. The Labute approximate surface area is 113 Å². The van der Waals surface area contributed by atoms with Crippen molar-refractivity contribution < 1.29 is 9.59 Å². The average molecular weight is 260 g/mol. The maximum Gasteiger partial charge on any atom is 0.253 e. The van der Waals surface area contributed by atoms with Gasteiger partial charge in [0.25, 0.3) is 5.91 Å². The second-order valence-electron chi connectivity index (χ2n) is 4.20. The molecule has 19 heavy (non-hydrogen) atoms. The summed E-state index contributed by atoms with van der Waals surface area (Å²) in [5, 5.41) is 5.47. The monoisotopic (exact) mass is 260 g/mol. The highest BCUT2D eigenvalue weighted by molar-refractivity contribution is 6.03. The van der Waals surface area contributed by atoms with E-state index in [-0.39, 0.29) is 11.8 Å². The molecule has 0 atom stereocenters. The summed E-state index contributed by atoms with van der Waals surface area (Å²) in [5.74, 6) is -0.280. The van der Waals surface area contributed by atoms with Gasteiger partial charge < -0.3 is 10.6 Å². The first kappa shape index (κ1) is 15.0. The molecule has 102 valence electrons. The Hall–Kier alpha value is -2.10. The number of hydrogen-bond donors (Lipinski definition) is 2. The van der Waals surface area contributed by atoms with E-state index in [1.54, 1.807) is 30.3 Å². The summed E-state index contributed by atoms with van der Waals surface area (Å²) in [6.07, 6.45) is 3.89. The molecule has 0 saturated heterocycles. The minimum atomic E-state index is -0.216. The molecule has 1 aromatic carbocycles. The zero-order chi connectivity index (χ0) is 14.1. The van der Waals surface area contributed by atoms with Gasteiger partial charge in [-0.3, -0.25) is 9.59 Å². The number of para-hydroxylation sites is 1. The van der Waals surface area contributed by atoms with Crippen molar-refractivity contribution in [2.75, 3.05) is 11.9 Å². The summed E-state index contributed by atoms with van der Waals surface area (Å²) < 4.78 is 0. The van der Waals surface area contributed by atoms with Gasteiger partial charge in [-0.25, -0.2) is 0 Å². The third-order valence-corrected chi connectivity index (χ3v) is 2.61. The van der Waals surface area contributed by atoms with Crippen LogP contribution in [0.15, 0.2) is 36.9 Å². The van der Waals surface area contributed by atoms with E-state index in [9.17, 15) is 9.59 Å². The number of carbonyl (C=O) groups is 2. The first-order valence-corrected chi connectivity index (χ1v) is 6.47. The van der Waals surface area contributed by atoms with Gasteiger partial charge in [-0.05, 0) is 18.6 Å². The predicted molar refractivity (Wildman–Crippen MR) is 77.1 cm³/mol. The second-order valence-corrected chi connectivity index (χ2v) is 4.20. The van der Waals surface area contributed by atoms with Crippen LogP contribution in [0.3, 0.4) is 0 Å². The molecule has 0 aliphatic heterocycles. The largest absolute Gasteiger partial charge is 0.349 e. The smallest absolute Gasteiger partial charge is 0.253 e. The predicted octanol–water partition coefficient (Wildman–Crippen LogP) is 2.73. The summed E-state index contributed by atoms with van der Waals surface area (Å²) in [6.45, 7) is 5.98. The van der Waals surface area contributed by atoms with E-state index in [0.717, 1.165) is 12.8 Å². The van der Waals surface area contributed by atoms with Crippen molar-refractivity contribution in [1.82, 2.24) is 5.32 Å². The van der Waals surface area contributed by atoms with Crippen LogP contribution >= 0.6 is 0 Å². The molecule has 0 spiro atoms. The van der Waals surface area contributed by atoms with E-state index >= 15 is 0 Å². The fourth-order valence-corrected chi connectivity index (χ4v) is 1.60. The first-order valence-electron chi connectivity index (χ1n) is 6.47. The van der Waals surface area contributed by atoms with Crippen LogP contribution in [0.5, 0.6) is 0 Å². The van der Waals surface area contributed by atoms with Crippen molar-refractivity contribution in [2.24, 2.45) is 0 Å². The molecule has 0 aliphatic rings. The van der Waals surface area contributed by atoms with Gasteiger partial charge in [0.15, 0.2) is 0 Å². The Morgan fingerprint density at radius 2 is 2.05 bits per heavy atom. The third-order valence-electron chi connectivity index (χ3n) is 2.61. The van der Waals surface area contributed by atoms with Crippen molar-refractivity contribution in [3.8, 4) is 0 Å². The van der Waals surface area contributed by atoms with Gasteiger partial charge in [-0.1, -0.05) is 31.6 Å². The minimum Gasteiger partial charge on any atom is -0.349 e. The van der Waals surface area contributed by atoms with Gasteiger partial charge in [0.1, 0.15) is 0 Å². The summed E-state index contributed by atoms with van der Waals surface area (Å²) in [4.78, 5) is 23.6. The molecule has 0 aromatic heterocycles. The molecule has 0 saturated carbocycles. The average Bonchev–Trinajstić information content (AvgIpc) is 2.43. The van der Waals surface area contributed by atoms with Crippen molar-refractivity contribution in [2.45, 2.75) is 26.2 Å². The number of rotatable bonds is 7. The quantitative estimate of drug-likeness (QED) is 0.741. The van der Waals surface area contributed by atoms with Crippen molar-refractivity contribution in [3.05, 3.63) is 42.5 Å². The molecule has 2 N–H and O–H groups in total. The molecule has 0 bridgehead atoms. The van der Waals surface area contributed by atoms with E-state index in [2.05, 4.69) is 17.2 Å². The number of amides is 2. The molecule has 0 heterocycles. The van der Waals surface area contributed by atoms with E-state index in [4.69, 9.17) is 0 Å². The molecule has 2 amide bonds. The molecule has 0 fully saturated rings. The standard InChI is InChI=1S/C15H20N2O2/c1-3-5-10-14(18)17-13-9-7-6-8-12(13)15(19)16-11-4-2/h4,6-9H,2-3,5,10-11H2,1H3,(H,16,19)(H,17,18). The van der Waals surface area contributed by atoms with Crippen LogP contribution in [0, 0.1) is 0 Å². The van der Waals surface area contributed by atoms with Crippen LogP contribution in [-0.4, -0.2) is 18.4 Å². The molecule has 4 heteroatoms. The van der Waals surface area contributed by atoms with E-state index in [0.29, 0.717) is 24.2 Å². The fraction of sp³-hybridized carbons (Fsp3) is 0.333. The van der Waals surface area contributed by atoms with Crippen LogP contribution in [0.2, 0.25) is 0 Å². The maximum absolute atomic E-state index is 11.9. The first-order chi connectivity index (χ1) is 9.19.